The molecule has 7 nitrogen and oxygen atoms in total. The van der Waals surface area contributed by atoms with Crippen LogP contribution in [0.2, 0.25) is 0 Å². The molecule has 2 aliphatic rings. The van der Waals surface area contributed by atoms with Gasteiger partial charge in [0, 0.05) is 18.7 Å². The van der Waals surface area contributed by atoms with Crippen LogP contribution in [0.3, 0.4) is 0 Å². The molecule has 0 saturated carbocycles. The zero-order valence-corrected chi connectivity index (χ0v) is 15.6. The van der Waals surface area contributed by atoms with Crippen LogP contribution in [0.15, 0.2) is 54.4 Å². The number of aliphatic hydroxyl groups excluding tert-OH is 1. The van der Waals surface area contributed by atoms with Crippen LogP contribution in [0.4, 0.5) is 11.4 Å². The van der Waals surface area contributed by atoms with E-state index in [1.807, 2.05) is 29.2 Å². The minimum absolute atomic E-state index is 0.0941. The molecule has 0 unspecified atom stereocenters. The van der Waals surface area contributed by atoms with Crippen molar-refractivity contribution in [1.29, 1.82) is 10.8 Å². The van der Waals surface area contributed by atoms with Crippen LogP contribution >= 0.6 is 0 Å². The number of fused-ring (bicyclic) bond motifs is 1. The summed E-state index contributed by atoms with van der Waals surface area (Å²) in [6.07, 6.45) is 1.03. The van der Waals surface area contributed by atoms with E-state index in [4.69, 9.17) is 15.6 Å². The van der Waals surface area contributed by atoms with Crippen molar-refractivity contribution in [3.8, 4) is 5.75 Å². The molecule has 0 spiro atoms. The van der Waals surface area contributed by atoms with E-state index in [-0.39, 0.29) is 17.5 Å². The summed E-state index contributed by atoms with van der Waals surface area (Å²) in [4.78, 5) is 1.87. The lowest BCUT2D eigenvalue weighted by Gasteiger charge is -2.19. The van der Waals surface area contributed by atoms with Gasteiger partial charge in [-0.25, -0.2) is 0 Å². The van der Waals surface area contributed by atoms with E-state index in [2.05, 4.69) is 17.6 Å². The van der Waals surface area contributed by atoms with E-state index >= 15 is 0 Å². The number of hydrogen-bond acceptors (Lipinski definition) is 6. The van der Waals surface area contributed by atoms with Crippen LogP contribution in [-0.4, -0.2) is 34.8 Å². The Hall–Kier alpha value is -3.48. The number of benzene rings is 2. The fourth-order valence-electron chi connectivity index (χ4n) is 3.39. The largest absolute Gasteiger partial charge is 0.504 e. The van der Waals surface area contributed by atoms with E-state index in [0.29, 0.717) is 23.1 Å². The Kier molecular flexibility index (Phi) is 4.65. The van der Waals surface area contributed by atoms with Crippen molar-refractivity contribution in [3.63, 3.8) is 0 Å². The summed E-state index contributed by atoms with van der Waals surface area (Å²) >= 11 is 0. The molecule has 0 aliphatic carbocycles. The quantitative estimate of drug-likeness (QED) is 0.308. The lowest BCUT2D eigenvalue weighted by atomic mass is 10.2. The van der Waals surface area contributed by atoms with Gasteiger partial charge in [-0.05, 0) is 48.7 Å². The van der Waals surface area contributed by atoms with Crippen LogP contribution in [0.5, 0.6) is 5.75 Å². The third kappa shape index (κ3) is 3.51. The summed E-state index contributed by atoms with van der Waals surface area (Å²) in [5.74, 6) is 1.55. The van der Waals surface area contributed by atoms with Gasteiger partial charge in [-0.15, -0.1) is 0 Å². The highest BCUT2D eigenvalue weighted by atomic mass is 16.5. The lowest BCUT2D eigenvalue weighted by Crippen LogP contribution is -2.36. The molecule has 0 radical (unpaired) electrons. The molecular formula is C21H23N5O2. The normalized spacial score (nSPS) is 17.5. The fraction of sp³-hybridized carbons (Fsp3) is 0.238. The van der Waals surface area contributed by atoms with Crippen LogP contribution in [0.1, 0.15) is 18.9 Å². The maximum Gasteiger partial charge on any atom is 0.254 e. The predicted molar refractivity (Wildman–Crippen MR) is 111 cm³/mol. The molecule has 2 aromatic rings. The molecule has 2 heterocycles. The van der Waals surface area contributed by atoms with Crippen molar-refractivity contribution in [3.05, 3.63) is 59.9 Å². The van der Waals surface area contributed by atoms with Crippen LogP contribution < -0.4 is 15.4 Å². The highest BCUT2D eigenvalue weighted by Crippen LogP contribution is 2.32. The van der Waals surface area contributed by atoms with Gasteiger partial charge in [0.2, 0.25) is 0 Å². The Bertz CT molecular complexity index is 925. The molecule has 1 atom stereocenters. The summed E-state index contributed by atoms with van der Waals surface area (Å²) in [6.45, 7) is 3.71. The summed E-state index contributed by atoms with van der Waals surface area (Å²) in [7, 11) is 0. The molecule has 4 rings (SSSR count). The molecule has 5 N–H and O–H groups in total. The second kappa shape index (κ2) is 7.26. The van der Waals surface area contributed by atoms with Gasteiger partial charge in [0.25, 0.3) is 5.90 Å². The number of para-hydroxylation sites is 2. The van der Waals surface area contributed by atoms with Gasteiger partial charge < -0.3 is 25.4 Å². The SMILES string of the molecule is C[C@H]1CCN(C(=N)C(=N)Oc2ccc(C(O)=C3Nc4ccccc4N3)cc2)C1. The molecular weight excluding hydrogens is 354 g/mol. The second-order valence-electron chi connectivity index (χ2n) is 7.16. The van der Waals surface area contributed by atoms with Crippen molar-refractivity contribution in [2.75, 3.05) is 23.7 Å². The third-order valence-corrected chi connectivity index (χ3v) is 4.99. The molecule has 2 aromatic carbocycles. The molecule has 0 aromatic heterocycles. The Morgan fingerprint density at radius 1 is 1.07 bits per heavy atom. The Morgan fingerprint density at radius 2 is 1.71 bits per heavy atom. The van der Waals surface area contributed by atoms with E-state index in [1.54, 1.807) is 24.3 Å². The predicted octanol–water partition coefficient (Wildman–Crippen LogP) is 4.08. The first kappa shape index (κ1) is 17.9. The molecule has 1 saturated heterocycles. The minimum atomic E-state index is -0.168. The number of hydrogen-bond donors (Lipinski definition) is 5. The average Bonchev–Trinajstić information content (AvgIpc) is 3.33. The van der Waals surface area contributed by atoms with Gasteiger partial charge in [-0.1, -0.05) is 19.1 Å². The molecule has 0 bridgehead atoms. The van der Waals surface area contributed by atoms with Crippen molar-refractivity contribution in [1.82, 2.24) is 4.90 Å². The highest BCUT2D eigenvalue weighted by molar-refractivity contribution is 6.35. The summed E-state index contributed by atoms with van der Waals surface area (Å²) in [6, 6.07) is 14.5. The molecule has 7 heteroatoms. The smallest absolute Gasteiger partial charge is 0.254 e. The van der Waals surface area contributed by atoms with Crippen molar-refractivity contribution >= 4 is 28.9 Å². The number of nitrogens with zero attached hydrogens (tertiary/aromatic N) is 1. The number of nitrogens with one attached hydrogen (secondary N) is 4. The summed E-state index contributed by atoms with van der Waals surface area (Å²) < 4.78 is 5.52. The Labute approximate surface area is 163 Å². The number of amidine groups is 1. The Morgan fingerprint density at radius 3 is 2.29 bits per heavy atom. The van der Waals surface area contributed by atoms with Crippen LogP contribution in [0, 0.1) is 16.7 Å². The number of anilines is 2. The van der Waals surface area contributed by atoms with Crippen LogP contribution in [-0.2, 0) is 0 Å². The van der Waals surface area contributed by atoms with Gasteiger partial charge in [0.15, 0.2) is 17.4 Å². The standard InChI is InChI=1S/C21H23N5O2/c1-13-10-11-26(12-13)19(22)20(23)28-15-8-6-14(7-9-15)18(27)21-24-16-4-2-3-5-17(16)25-21/h2-9,13,22-25,27H,10-12H2,1H3/t13-/m0/s1. The molecule has 144 valence electrons. The van der Waals surface area contributed by atoms with Gasteiger partial charge in [0.1, 0.15) is 5.75 Å². The number of aliphatic hydroxyl groups is 1. The zero-order valence-electron chi connectivity index (χ0n) is 15.6. The molecule has 2 aliphatic heterocycles. The second-order valence-corrected chi connectivity index (χ2v) is 7.16. The van der Waals surface area contributed by atoms with Crippen molar-refractivity contribution in [2.45, 2.75) is 13.3 Å². The van der Waals surface area contributed by atoms with Crippen LogP contribution in [0.25, 0.3) is 5.76 Å². The summed E-state index contributed by atoms with van der Waals surface area (Å²) in [5, 5.41) is 33.0. The first-order valence-electron chi connectivity index (χ1n) is 9.28. The zero-order chi connectivity index (χ0) is 19.7. The average molecular weight is 377 g/mol. The monoisotopic (exact) mass is 377 g/mol. The minimum Gasteiger partial charge on any atom is -0.504 e. The number of ether oxygens (including phenoxy) is 1. The lowest BCUT2D eigenvalue weighted by molar-refractivity contribution is 0.477. The first-order chi connectivity index (χ1) is 13.5. The van der Waals surface area contributed by atoms with Crippen molar-refractivity contribution in [2.24, 2.45) is 5.92 Å². The molecule has 1 fully saturated rings. The first-order valence-corrected chi connectivity index (χ1v) is 9.28. The highest BCUT2D eigenvalue weighted by Gasteiger charge is 2.24. The molecule has 0 amide bonds. The topological polar surface area (TPSA) is 104 Å². The van der Waals surface area contributed by atoms with E-state index in [9.17, 15) is 5.11 Å². The van der Waals surface area contributed by atoms with Gasteiger partial charge >= 0.3 is 0 Å². The number of likely N-dealkylation sites (tertiary alicyclic amines) is 1. The van der Waals surface area contributed by atoms with Crippen molar-refractivity contribution < 1.29 is 9.84 Å². The van der Waals surface area contributed by atoms with Gasteiger partial charge in [0.05, 0.1) is 11.4 Å². The fourth-order valence-corrected chi connectivity index (χ4v) is 3.39. The van der Waals surface area contributed by atoms with Gasteiger partial charge in [-0.3, -0.25) is 10.8 Å². The number of rotatable bonds is 2. The van der Waals surface area contributed by atoms with E-state index in [0.717, 1.165) is 30.9 Å². The maximum absolute atomic E-state index is 10.6. The third-order valence-electron chi connectivity index (χ3n) is 4.99. The van der Waals surface area contributed by atoms with Gasteiger partial charge in [-0.2, -0.15) is 0 Å². The maximum atomic E-state index is 10.6. The van der Waals surface area contributed by atoms with E-state index < -0.39 is 0 Å². The Balaban J connectivity index is 1.42. The van der Waals surface area contributed by atoms with E-state index in [1.165, 1.54) is 0 Å². The summed E-state index contributed by atoms with van der Waals surface area (Å²) in [5.41, 5.74) is 2.43. The molecule has 28 heavy (non-hydrogen) atoms.